The van der Waals surface area contributed by atoms with Gasteiger partial charge < -0.3 is 14.6 Å². The Morgan fingerprint density at radius 2 is 1.67 bits per heavy atom. The maximum absolute atomic E-state index is 10.3. The van der Waals surface area contributed by atoms with E-state index in [4.69, 9.17) is 9.47 Å². The van der Waals surface area contributed by atoms with Gasteiger partial charge in [0.1, 0.15) is 0 Å². The Morgan fingerprint density at radius 3 is 2.33 bits per heavy atom. The number of ether oxygens (including phenoxy) is 2. The van der Waals surface area contributed by atoms with Gasteiger partial charge in [-0.1, -0.05) is 12.8 Å². The number of aliphatic hydroxyl groups is 1. The number of hydrogen-bond acceptors (Lipinski definition) is 4. The third kappa shape index (κ3) is 2.57. The molecule has 0 aromatic carbocycles. The van der Waals surface area contributed by atoms with Gasteiger partial charge in [0.05, 0.1) is 19.3 Å². The molecule has 1 N–H and O–H groups in total. The molecule has 3 aliphatic rings. The quantitative estimate of drug-likeness (QED) is 0.771. The van der Waals surface area contributed by atoms with E-state index in [0.29, 0.717) is 13.2 Å². The summed E-state index contributed by atoms with van der Waals surface area (Å²) in [5, 5.41) is 10.3. The third-order valence-corrected chi connectivity index (χ3v) is 4.71. The van der Waals surface area contributed by atoms with E-state index < -0.39 is 0 Å². The molecule has 0 amide bonds. The molecule has 2 atom stereocenters. The van der Waals surface area contributed by atoms with Crippen molar-refractivity contribution < 1.29 is 14.6 Å². The van der Waals surface area contributed by atoms with Crippen LogP contribution < -0.4 is 0 Å². The minimum atomic E-state index is -0.379. The zero-order valence-electron chi connectivity index (χ0n) is 11.1. The molecule has 18 heavy (non-hydrogen) atoms. The topological polar surface area (TPSA) is 41.9 Å². The fourth-order valence-electron chi connectivity index (χ4n) is 3.68. The molecule has 0 aromatic heterocycles. The molecule has 4 heteroatoms. The Bertz CT molecular complexity index is 270. The van der Waals surface area contributed by atoms with Gasteiger partial charge in [0.25, 0.3) is 0 Å². The number of rotatable bonds is 1. The fraction of sp³-hybridized carbons (Fsp3) is 1.00. The van der Waals surface area contributed by atoms with Crippen LogP contribution in [0, 0.1) is 0 Å². The van der Waals surface area contributed by atoms with Crippen molar-refractivity contribution in [2.45, 2.75) is 62.9 Å². The molecule has 3 rings (SSSR count). The van der Waals surface area contributed by atoms with E-state index in [1.807, 2.05) is 0 Å². The number of aliphatic hydroxyl groups excluding tert-OH is 1. The van der Waals surface area contributed by atoms with Crippen LogP contribution in [-0.4, -0.2) is 54.2 Å². The van der Waals surface area contributed by atoms with Crippen molar-refractivity contribution in [1.82, 2.24) is 4.90 Å². The van der Waals surface area contributed by atoms with E-state index in [9.17, 15) is 5.11 Å². The Kier molecular flexibility index (Phi) is 3.89. The van der Waals surface area contributed by atoms with Gasteiger partial charge in [-0.05, 0) is 32.4 Å². The van der Waals surface area contributed by atoms with Crippen molar-refractivity contribution >= 4 is 0 Å². The lowest BCUT2D eigenvalue weighted by atomic mass is 9.86. The molecule has 0 aromatic rings. The highest BCUT2D eigenvalue weighted by atomic mass is 16.7. The van der Waals surface area contributed by atoms with E-state index in [0.717, 1.165) is 32.4 Å². The van der Waals surface area contributed by atoms with Gasteiger partial charge in [-0.2, -0.15) is 0 Å². The molecule has 0 radical (unpaired) electrons. The van der Waals surface area contributed by atoms with Crippen molar-refractivity contribution in [3.05, 3.63) is 0 Å². The van der Waals surface area contributed by atoms with Crippen LogP contribution in [0.2, 0.25) is 0 Å². The first-order valence-corrected chi connectivity index (χ1v) is 7.49. The zero-order chi connectivity index (χ0) is 12.4. The van der Waals surface area contributed by atoms with Crippen molar-refractivity contribution in [2.75, 3.05) is 26.3 Å². The van der Waals surface area contributed by atoms with Crippen LogP contribution in [0.15, 0.2) is 0 Å². The molecule has 2 saturated heterocycles. The average molecular weight is 255 g/mol. The van der Waals surface area contributed by atoms with Gasteiger partial charge >= 0.3 is 0 Å². The zero-order valence-corrected chi connectivity index (χ0v) is 11.1. The van der Waals surface area contributed by atoms with Crippen molar-refractivity contribution in [3.8, 4) is 0 Å². The third-order valence-electron chi connectivity index (χ3n) is 4.71. The molecular formula is C14H25NO3. The highest BCUT2D eigenvalue weighted by molar-refractivity contribution is 4.93. The molecule has 4 nitrogen and oxygen atoms in total. The predicted octanol–water partition coefficient (Wildman–Crippen LogP) is 1.52. The van der Waals surface area contributed by atoms with E-state index in [-0.39, 0.29) is 17.9 Å². The van der Waals surface area contributed by atoms with E-state index in [2.05, 4.69) is 4.90 Å². The van der Waals surface area contributed by atoms with Crippen LogP contribution in [0.5, 0.6) is 0 Å². The lowest BCUT2D eigenvalue weighted by molar-refractivity contribution is -0.205. The second-order valence-corrected chi connectivity index (χ2v) is 5.94. The molecule has 2 aliphatic heterocycles. The van der Waals surface area contributed by atoms with E-state index in [1.165, 1.54) is 25.7 Å². The molecule has 104 valence electrons. The fourth-order valence-corrected chi connectivity index (χ4v) is 3.68. The molecule has 2 heterocycles. The predicted molar refractivity (Wildman–Crippen MR) is 68.3 cm³/mol. The SMILES string of the molecule is OC1CCC2(CC1N1CCCCCC1)OCCO2. The highest BCUT2D eigenvalue weighted by Crippen LogP contribution is 2.38. The molecule has 0 bridgehead atoms. The van der Waals surface area contributed by atoms with Crippen molar-refractivity contribution in [2.24, 2.45) is 0 Å². The van der Waals surface area contributed by atoms with Gasteiger partial charge in [0.15, 0.2) is 5.79 Å². The Hall–Kier alpha value is -0.160. The van der Waals surface area contributed by atoms with Gasteiger partial charge in [-0.3, -0.25) is 4.90 Å². The second kappa shape index (κ2) is 5.45. The van der Waals surface area contributed by atoms with Gasteiger partial charge in [0, 0.05) is 18.9 Å². The summed E-state index contributed by atoms with van der Waals surface area (Å²) in [5.41, 5.74) is 0. The van der Waals surface area contributed by atoms with Crippen LogP contribution in [0.3, 0.4) is 0 Å². The van der Waals surface area contributed by atoms with Crippen LogP contribution in [0.1, 0.15) is 44.9 Å². The highest BCUT2D eigenvalue weighted by Gasteiger charge is 2.46. The Labute approximate surface area is 109 Å². The molecule has 3 fully saturated rings. The summed E-state index contributed by atoms with van der Waals surface area (Å²) in [6, 6.07) is 0.231. The number of likely N-dealkylation sites (tertiary alicyclic amines) is 1. The monoisotopic (exact) mass is 255 g/mol. The minimum absolute atomic E-state index is 0.207. The lowest BCUT2D eigenvalue weighted by Crippen LogP contribution is -2.53. The summed E-state index contributed by atoms with van der Waals surface area (Å²) in [6.07, 6.45) is 7.47. The number of hydrogen-bond donors (Lipinski definition) is 1. The largest absolute Gasteiger partial charge is 0.391 e. The van der Waals surface area contributed by atoms with Gasteiger partial charge in [0.2, 0.25) is 0 Å². The second-order valence-electron chi connectivity index (χ2n) is 5.94. The summed E-state index contributed by atoms with van der Waals surface area (Å²) >= 11 is 0. The van der Waals surface area contributed by atoms with Crippen molar-refractivity contribution in [1.29, 1.82) is 0 Å². The maximum Gasteiger partial charge on any atom is 0.170 e. The van der Waals surface area contributed by atoms with Crippen LogP contribution in [0.25, 0.3) is 0 Å². The standard InChI is InChI=1S/C14H25NO3/c16-13-5-6-14(17-9-10-18-14)11-12(13)15-7-3-1-2-4-8-15/h12-13,16H,1-11H2. The lowest BCUT2D eigenvalue weighted by Gasteiger charge is -2.43. The number of nitrogens with zero attached hydrogens (tertiary/aromatic N) is 1. The summed E-state index contributed by atoms with van der Waals surface area (Å²) in [6.45, 7) is 3.67. The summed E-state index contributed by atoms with van der Waals surface area (Å²) < 4.78 is 11.6. The molecule has 1 aliphatic carbocycles. The van der Waals surface area contributed by atoms with E-state index >= 15 is 0 Å². The van der Waals surface area contributed by atoms with Gasteiger partial charge in [-0.25, -0.2) is 0 Å². The minimum Gasteiger partial charge on any atom is -0.391 e. The first-order chi connectivity index (χ1) is 8.79. The summed E-state index contributed by atoms with van der Waals surface area (Å²) in [5.74, 6) is -0.379. The van der Waals surface area contributed by atoms with Crippen LogP contribution in [0.4, 0.5) is 0 Å². The Morgan fingerprint density at radius 1 is 1.00 bits per heavy atom. The van der Waals surface area contributed by atoms with Crippen LogP contribution >= 0.6 is 0 Å². The molecule has 1 spiro atoms. The summed E-state index contributed by atoms with van der Waals surface area (Å²) in [7, 11) is 0. The van der Waals surface area contributed by atoms with Gasteiger partial charge in [-0.15, -0.1) is 0 Å². The van der Waals surface area contributed by atoms with E-state index in [1.54, 1.807) is 0 Å². The first-order valence-electron chi connectivity index (χ1n) is 7.49. The van der Waals surface area contributed by atoms with Crippen LogP contribution in [-0.2, 0) is 9.47 Å². The maximum atomic E-state index is 10.3. The van der Waals surface area contributed by atoms with Crippen molar-refractivity contribution in [3.63, 3.8) is 0 Å². The smallest absolute Gasteiger partial charge is 0.170 e. The molecule has 1 saturated carbocycles. The summed E-state index contributed by atoms with van der Waals surface area (Å²) in [4.78, 5) is 2.48. The first kappa shape index (κ1) is 12.9. The molecular weight excluding hydrogens is 230 g/mol. The normalized spacial score (nSPS) is 37.8. The average Bonchev–Trinajstić information content (AvgIpc) is 2.66. The Balaban J connectivity index is 1.68. The molecule has 2 unspecified atom stereocenters.